The predicted octanol–water partition coefficient (Wildman–Crippen LogP) is -1.68. The Balaban J connectivity index is 3.08. The predicted molar refractivity (Wildman–Crippen MR) is 70.2 cm³/mol. The van der Waals surface area contributed by atoms with Gasteiger partial charge in [0.2, 0.25) is 0 Å². The van der Waals surface area contributed by atoms with Gasteiger partial charge in [-0.2, -0.15) is 0 Å². The number of hydrogen-bond acceptors (Lipinski definition) is 0. The summed E-state index contributed by atoms with van der Waals surface area (Å²) in [6.07, 6.45) is 0. The van der Waals surface area contributed by atoms with Gasteiger partial charge in [0, 0.05) is 0 Å². The minimum atomic E-state index is 0.366. The molecule has 62 valence electrons. The normalized spacial score (nSPS) is 10.7. The van der Waals surface area contributed by atoms with Crippen LogP contribution < -0.4 is 21.9 Å². The van der Waals surface area contributed by atoms with Crippen LogP contribution in [0.2, 0.25) is 0 Å². The molecule has 0 bridgehead atoms. The van der Waals surface area contributed by atoms with Gasteiger partial charge in [-0.3, -0.25) is 0 Å². The van der Waals surface area contributed by atoms with E-state index in [0.29, 0.717) is 21.9 Å². The van der Waals surface area contributed by atoms with Gasteiger partial charge in [-0.05, 0) is 23.3 Å². The molecule has 0 unspecified atom stereocenters. The van der Waals surface area contributed by atoms with Crippen LogP contribution in [0.1, 0.15) is 5.56 Å². The fourth-order valence-corrected chi connectivity index (χ4v) is 1.82. The molecule has 2 rings (SSSR count). The highest BCUT2D eigenvalue weighted by molar-refractivity contribution is 6.66. The standard InChI is InChI=1S/C11H6B4/c1-5-3-2-4-6-7(5)9(13)11(15)10(14)8(6)12/h2-4H,1H3. The third kappa shape index (κ3) is 1.43. The Hall–Kier alpha value is -1.04. The first-order valence-electron chi connectivity index (χ1n) is 4.65. The molecule has 0 fully saturated rings. The van der Waals surface area contributed by atoms with E-state index >= 15 is 0 Å². The van der Waals surface area contributed by atoms with Gasteiger partial charge in [-0.1, -0.05) is 29.1 Å². The van der Waals surface area contributed by atoms with Crippen molar-refractivity contribution in [3.63, 3.8) is 0 Å². The lowest BCUT2D eigenvalue weighted by molar-refractivity contribution is 1.55. The molecule has 0 aliphatic rings. The van der Waals surface area contributed by atoms with E-state index in [1.807, 2.05) is 25.1 Å². The largest absolute Gasteiger partial charge is 0.113 e. The average Bonchev–Trinajstić information content (AvgIpc) is 2.23. The Labute approximate surface area is 95.1 Å². The summed E-state index contributed by atoms with van der Waals surface area (Å²) in [4.78, 5) is 0. The topological polar surface area (TPSA) is 0 Å². The van der Waals surface area contributed by atoms with Crippen LogP contribution in [-0.4, -0.2) is 31.4 Å². The summed E-state index contributed by atoms with van der Waals surface area (Å²) in [5, 5.41) is 1.75. The molecule has 0 saturated carbocycles. The van der Waals surface area contributed by atoms with Crippen LogP contribution in [0.3, 0.4) is 0 Å². The van der Waals surface area contributed by atoms with Crippen LogP contribution in [-0.2, 0) is 0 Å². The highest BCUT2D eigenvalue weighted by Gasteiger charge is 2.08. The second-order valence-electron chi connectivity index (χ2n) is 3.65. The fraction of sp³-hybridized carbons (Fsp3) is 0.0909. The molecule has 0 N–H and O–H groups in total. The molecule has 0 heterocycles. The van der Waals surface area contributed by atoms with Crippen molar-refractivity contribution in [3.8, 4) is 0 Å². The molecular weight excluding hydrogens is 175 g/mol. The van der Waals surface area contributed by atoms with E-state index in [0.717, 1.165) is 16.3 Å². The van der Waals surface area contributed by atoms with Crippen LogP contribution >= 0.6 is 0 Å². The molecular formula is C11H6B4. The van der Waals surface area contributed by atoms with Crippen LogP contribution in [0, 0.1) is 6.92 Å². The van der Waals surface area contributed by atoms with E-state index < -0.39 is 0 Å². The molecule has 0 nitrogen and oxygen atoms in total. The smallest absolute Gasteiger partial charge is 0.110 e. The zero-order chi connectivity index (χ0) is 11.2. The van der Waals surface area contributed by atoms with Gasteiger partial charge in [0.05, 0.1) is 0 Å². The molecule has 4 heteroatoms. The maximum Gasteiger partial charge on any atom is 0.113 e. The highest BCUT2D eigenvalue weighted by Crippen LogP contribution is 2.11. The minimum absolute atomic E-state index is 0.366. The van der Waals surface area contributed by atoms with E-state index in [4.69, 9.17) is 31.4 Å². The molecule has 15 heavy (non-hydrogen) atoms. The maximum absolute atomic E-state index is 5.93. The quantitative estimate of drug-likeness (QED) is 0.426. The zero-order valence-corrected chi connectivity index (χ0v) is 8.54. The van der Waals surface area contributed by atoms with Gasteiger partial charge in [0.25, 0.3) is 0 Å². The Morgan fingerprint density at radius 1 is 0.800 bits per heavy atom. The molecule has 2 aromatic rings. The molecule has 0 spiro atoms. The summed E-state index contributed by atoms with van der Waals surface area (Å²) in [6, 6.07) is 5.78. The van der Waals surface area contributed by atoms with Crippen molar-refractivity contribution < 1.29 is 0 Å². The molecule has 0 saturated heterocycles. The zero-order valence-electron chi connectivity index (χ0n) is 8.54. The Bertz CT molecular complexity index is 546. The van der Waals surface area contributed by atoms with Gasteiger partial charge < -0.3 is 0 Å². The lowest BCUT2D eigenvalue weighted by atomic mass is 9.64. The van der Waals surface area contributed by atoms with E-state index in [1.54, 1.807) is 0 Å². The summed E-state index contributed by atoms with van der Waals surface area (Å²) in [5.41, 5.74) is 2.79. The van der Waals surface area contributed by atoms with Gasteiger partial charge in [0.1, 0.15) is 31.4 Å². The van der Waals surface area contributed by atoms with Crippen molar-refractivity contribution in [2.24, 2.45) is 0 Å². The number of aryl methyl sites for hydroxylation is 1. The molecule has 0 atom stereocenters. The average molecular weight is 181 g/mol. The van der Waals surface area contributed by atoms with Gasteiger partial charge >= 0.3 is 0 Å². The lowest BCUT2D eigenvalue weighted by Crippen LogP contribution is -2.47. The lowest BCUT2D eigenvalue weighted by Gasteiger charge is -2.17. The van der Waals surface area contributed by atoms with Crippen LogP contribution in [0.15, 0.2) is 18.2 Å². The molecule has 0 amide bonds. The fourth-order valence-electron chi connectivity index (χ4n) is 1.82. The second kappa shape index (κ2) is 3.52. The third-order valence-electron chi connectivity index (χ3n) is 2.70. The number of benzene rings is 2. The minimum Gasteiger partial charge on any atom is -0.110 e. The van der Waals surface area contributed by atoms with Crippen molar-refractivity contribution in [3.05, 3.63) is 23.8 Å². The van der Waals surface area contributed by atoms with E-state index in [9.17, 15) is 0 Å². The van der Waals surface area contributed by atoms with Crippen molar-refractivity contribution in [1.82, 2.24) is 0 Å². The van der Waals surface area contributed by atoms with Gasteiger partial charge in [0.15, 0.2) is 0 Å². The first-order valence-corrected chi connectivity index (χ1v) is 4.65. The monoisotopic (exact) mass is 182 g/mol. The van der Waals surface area contributed by atoms with Crippen LogP contribution in [0.25, 0.3) is 10.8 Å². The molecule has 8 radical (unpaired) electrons. The van der Waals surface area contributed by atoms with E-state index in [2.05, 4.69) is 0 Å². The first-order chi connectivity index (χ1) is 7.04. The number of fused-ring (bicyclic) bond motifs is 1. The summed E-state index contributed by atoms with van der Waals surface area (Å²) in [6.45, 7) is 1.97. The second-order valence-corrected chi connectivity index (χ2v) is 3.65. The molecule has 0 aromatic heterocycles. The van der Waals surface area contributed by atoms with E-state index in [-0.39, 0.29) is 0 Å². The summed E-state index contributed by atoms with van der Waals surface area (Å²) in [5.74, 6) is 0. The maximum atomic E-state index is 5.93. The summed E-state index contributed by atoms with van der Waals surface area (Å²) in [7, 11) is 23.4. The van der Waals surface area contributed by atoms with Crippen molar-refractivity contribution in [2.75, 3.05) is 0 Å². The molecule has 2 aromatic carbocycles. The Morgan fingerprint density at radius 3 is 2.07 bits per heavy atom. The number of rotatable bonds is 0. The number of hydrogen-bond donors (Lipinski definition) is 0. The third-order valence-corrected chi connectivity index (χ3v) is 2.70. The first kappa shape index (κ1) is 10.5. The van der Waals surface area contributed by atoms with Crippen LogP contribution in [0.5, 0.6) is 0 Å². The van der Waals surface area contributed by atoms with Gasteiger partial charge in [-0.15, -0.1) is 10.9 Å². The highest BCUT2D eigenvalue weighted by atomic mass is 14.1. The van der Waals surface area contributed by atoms with Crippen molar-refractivity contribution >= 4 is 64.0 Å². The molecule has 0 aliphatic heterocycles. The Morgan fingerprint density at radius 2 is 1.40 bits per heavy atom. The van der Waals surface area contributed by atoms with Crippen molar-refractivity contribution in [1.29, 1.82) is 0 Å². The van der Waals surface area contributed by atoms with Crippen LogP contribution in [0.4, 0.5) is 0 Å². The SMILES string of the molecule is [B]c1c([B])c([B])c2c(C)cccc2c1[B]. The van der Waals surface area contributed by atoms with E-state index in [1.165, 1.54) is 0 Å². The molecule has 0 aliphatic carbocycles. The summed E-state index contributed by atoms with van der Waals surface area (Å²) >= 11 is 0. The van der Waals surface area contributed by atoms with Crippen molar-refractivity contribution in [2.45, 2.75) is 6.92 Å². The Kier molecular flexibility index (Phi) is 2.46. The summed E-state index contributed by atoms with van der Waals surface area (Å²) < 4.78 is 0. The van der Waals surface area contributed by atoms with Gasteiger partial charge in [-0.25, -0.2) is 0 Å².